The zero-order valence-corrected chi connectivity index (χ0v) is 17.0. The van der Waals surface area contributed by atoms with Crippen molar-refractivity contribution in [3.63, 3.8) is 0 Å². The van der Waals surface area contributed by atoms with Gasteiger partial charge in [0.25, 0.3) is 5.91 Å². The number of rotatable bonds is 4. The highest BCUT2D eigenvalue weighted by molar-refractivity contribution is 7.16. The van der Waals surface area contributed by atoms with Crippen LogP contribution in [0.15, 0.2) is 24.3 Å². The molecule has 1 aromatic heterocycles. The minimum Gasteiger partial charge on any atom is -0.352 e. The number of thiophene rings is 1. The summed E-state index contributed by atoms with van der Waals surface area (Å²) in [6, 6.07) is 9.40. The van der Waals surface area contributed by atoms with E-state index in [9.17, 15) is 10.1 Å². The second-order valence-electron chi connectivity index (χ2n) is 6.08. The van der Waals surface area contributed by atoms with E-state index >= 15 is 0 Å². The summed E-state index contributed by atoms with van der Waals surface area (Å²) in [5.74, 6) is -0.352. The molecule has 3 rings (SSSR count). The van der Waals surface area contributed by atoms with Crippen molar-refractivity contribution < 1.29 is 4.79 Å². The number of nitrogens with one attached hydrogen (secondary N) is 2. The SMILES string of the molecule is Cc1ccccc1C(=O)N[C@@H](Nc1sc2c(c1C#N)CCC2)C(Cl)(Cl)Cl. The molecule has 0 fully saturated rings. The molecule has 0 unspecified atom stereocenters. The molecule has 0 saturated carbocycles. The number of carbonyl (C=O) groups excluding carboxylic acids is 1. The molecule has 0 saturated heterocycles. The summed E-state index contributed by atoms with van der Waals surface area (Å²) >= 11 is 19.7. The Morgan fingerprint density at radius 3 is 2.69 bits per heavy atom. The zero-order valence-electron chi connectivity index (χ0n) is 13.9. The maximum Gasteiger partial charge on any atom is 0.253 e. The molecule has 8 heteroatoms. The van der Waals surface area contributed by atoms with Crippen LogP contribution >= 0.6 is 46.1 Å². The van der Waals surface area contributed by atoms with Gasteiger partial charge in [-0.05, 0) is 43.4 Å². The third-order valence-electron chi connectivity index (χ3n) is 4.30. The third kappa shape index (κ3) is 3.94. The van der Waals surface area contributed by atoms with Crippen LogP contribution in [0, 0.1) is 18.3 Å². The number of nitrogens with zero attached hydrogens (tertiary/aromatic N) is 1. The predicted octanol–water partition coefficient (Wildman–Crippen LogP) is 4.96. The molecular weight excluding hydrogens is 413 g/mol. The first-order valence-corrected chi connectivity index (χ1v) is 10.0. The molecule has 0 radical (unpaired) electrons. The fraction of sp³-hybridized carbons (Fsp3) is 0.333. The third-order valence-corrected chi connectivity index (χ3v) is 6.18. The first-order valence-electron chi connectivity index (χ1n) is 8.05. The molecule has 26 heavy (non-hydrogen) atoms. The Morgan fingerprint density at radius 2 is 2.04 bits per heavy atom. The topological polar surface area (TPSA) is 64.9 Å². The quantitative estimate of drug-likeness (QED) is 0.534. The van der Waals surface area contributed by atoms with Gasteiger partial charge in [-0.2, -0.15) is 5.26 Å². The monoisotopic (exact) mass is 427 g/mol. The van der Waals surface area contributed by atoms with Gasteiger partial charge >= 0.3 is 0 Å². The molecule has 1 heterocycles. The lowest BCUT2D eigenvalue weighted by atomic mass is 10.1. The van der Waals surface area contributed by atoms with Crippen molar-refractivity contribution in [2.75, 3.05) is 5.32 Å². The lowest BCUT2D eigenvalue weighted by Gasteiger charge is -2.27. The van der Waals surface area contributed by atoms with Gasteiger partial charge in [0.05, 0.1) is 5.56 Å². The van der Waals surface area contributed by atoms with Gasteiger partial charge in [-0.1, -0.05) is 53.0 Å². The van der Waals surface area contributed by atoms with E-state index in [2.05, 4.69) is 16.7 Å². The molecule has 0 spiro atoms. The molecule has 1 amide bonds. The van der Waals surface area contributed by atoms with E-state index in [0.717, 1.165) is 30.4 Å². The molecule has 0 bridgehead atoms. The number of amides is 1. The van der Waals surface area contributed by atoms with Gasteiger partial charge in [0, 0.05) is 10.4 Å². The van der Waals surface area contributed by atoms with Gasteiger partial charge in [0.1, 0.15) is 17.2 Å². The molecule has 1 atom stereocenters. The van der Waals surface area contributed by atoms with Crippen LogP contribution in [0.1, 0.15) is 38.3 Å². The van der Waals surface area contributed by atoms with Gasteiger partial charge in [0.15, 0.2) is 0 Å². The predicted molar refractivity (Wildman–Crippen MR) is 107 cm³/mol. The second-order valence-corrected chi connectivity index (χ2v) is 9.55. The number of benzene rings is 1. The van der Waals surface area contributed by atoms with Crippen molar-refractivity contribution in [3.8, 4) is 6.07 Å². The lowest BCUT2D eigenvalue weighted by molar-refractivity contribution is 0.0941. The number of fused-ring (bicyclic) bond motifs is 1. The van der Waals surface area contributed by atoms with Crippen molar-refractivity contribution in [2.45, 2.75) is 36.1 Å². The molecule has 136 valence electrons. The number of hydrogen-bond donors (Lipinski definition) is 2. The van der Waals surface area contributed by atoms with Gasteiger partial charge in [-0.15, -0.1) is 11.3 Å². The smallest absolute Gasteiger partial charge is 0.253 e. The second kappa shape index (κ2) is 7.66. The maximum atomic E-state index is 12.6. The summed E-state index contributed by atoms with van der Waals surface area (Å²) in [5, 5.41) is 15.9. The number of nitriles is 1. The Balaban J connectivity index is 1.86. The van der Waals surface area contributed by atoms with Crippen LogP contribution in [-0.2, 0) is 12.8 Å². The summed E-state index contributed by atoms with van der Waals surface area (Å²) in [5.41, 5.74) is 2.96. The fourth-order valence-electron chi connectivity index (χ4n) is 2.99. The van der Waals surface area contributed by atoms with Crippen LogP contribution < -0.4 is 10.6 Å². The van der Waals surface area contributed by atoms with E-state index in [1.165, 1.54) is 16.2 Å². The van der Waals surface area contributed by atoms with Crippen LogP contribution in [0.2, 0.25) is 0 Å². The minimum atomic E-state index is -1.79. The van der Waals surface area contributed by atoms with Gasteiger partial charge in [0.2, 0.25) is 3.79 Å². The molecule has 0 aliphatic heterocycles. The van der Waals surface area contributed by atoms with E-state index in [0.29, 0.717) is 16.1 Å². The molecule has 2 N–H and O–H groups in total. The molecule has 1 aliphatic carbocycles. The average Bonchev–Trinajstić information content (AvgIpc) is 3.14. The van der Waals surface area contributed by atoms with Crippen molar-refractivity contribution in [3.05, 3.63) is 51.4 Å². The first-order chi connectivity index (χ1) is 12.3. The zero-order chi connectivity index (χ0) is 18.9. The van der Waals surface area contributed by atoms with Crippen molar-refractivity contribution in [2.24, 2.45) is 0 Å². The molecular formula is C18H16Cl3N3OS. The fourth-order valence-corrected chi connectivity index (χ4v) is 4.59. The van der Waals surface area contributed by atoms with E-state index in [1.54, 1.807) is 12.1 Å². The first kappa shape index (κ1) is 19.3. The highest BCUT2D eigenvalue weighted by atomic mass is 35.6. The summed E-state index contributed by atoms with van der Waals surface area (Å²) in [7, 11) is 0. The standard InChI is InChI=1S/C18H16Cl3N3OS/c1-10-5-2-3-6-11(10)15(25)23-17(18(19,20)21)24-16-13(9-22)12-7-4-8-14(12)26-16/h2-3,5-6,17,24H,4,7-8H2,1H3,(H,23,25)/t17-/m0/s1. The Kier molecular flexibility index (Phi) is 5.69. The van der Waals surface area contributed by atoms with Gasteiger partial charge < -0.3 is 10.6 Å². The lowest BCUT2D eigenvalue weighted by Crippen LogP contribution is -2.49. The number of anilines is 1. The van der Waals surface area contributed by atoms with Crippen LogP contribution in [-0.4, -0.2) is 15.9 Å². The van der Waals surface area contributed by atoms with Crippen LogP contribution in [0.25, 0.3) is 0 Å². The van der Waals surface area contributed by atoms with Gasteiger partial charge in [-0.3, -0.25) is 4.79 Å². The normalized spacial score (nSPS) is 14.4. The Hall–Kier alpha value is -1.45. The van der Waals surface area contributed by atoms with Crippen LogP contribution in [0.5, 0.6) is 0 Å². The van der Waals surface area contributed by atoms with Crippen molar-refractivity contribution in [1.29, 1.82) is 5.26 Å². The summed E-state index contributed by atoms with van der Waals surface area (Å²) < 4.78 is -1.79. The number of aryl methyl sites for hydroxylation is 2. The van der Waals surface area contributed by atoms with E-state index in [1.807, 2.05) is 19.1 Å². The molecule has 1 aromatic carbocycles. The van der Waals surface area contributed by atoms with Crippen LogP contribution in [0.3, 0.4) is 0 Å². The highest BCUT2D eigenvalue weighted by Crippen LogP contribution is 2.40. The average molecular weight is 429 g/mol. The highest BCUT2D eigenvalue weighted by Gasteiger charge is 2.36. The van der Waals surface area contributed by atoms with E-state index in [-0.39, 0.29) is 5.91 Å². The number of alkyl halides is 3. The van der Waals surface area contributed by atoms with E-state index < -0.39 is 9.96 Å². The maximum absolute atomic E-state index is 12.6. The van der Waals surface area contributed by atoms with Gasteiger partial charge in [-0.25, -0.2) is 0 Å². The van der Waals surface area contributed by atoms with Crippen LogP contribution in [0.4, 0.5) is 5.00 Å². The Bertz CT molecular complexity index is 883. The minimum absolute atomic E-state index is 0.352. The van der Waals surface area contributed by atoms with E-state index in [4.69, 9.17) is 34.8 Å². The number of halogens is 3. The molecule has 1 aliphatic rings. The molecule has 2 aromatic rings. The summed E-state index contributed by atoms with van der Waals surface area (Å²) in [4.78, 5) is 13.8. The summed E-state index contributed by atoms with van der Waals surface area (Å²) in [6.45, 7) is 1.84. The Morgan fingerprint density at radius 1 is 1.31 bits per heavy atom. The number of carbonyl (C=O) groups is 1. The molecule has 4 nitrogen and oxygen atoms in total. The summed E-state index contributed by atoms with van der Waals surface area (Å²) in [6.07, 6.45) is 1.90. The van der Waals surface area contributed by atoms with Crippen molar-refractivity contribution >= 4 is 57.0 Å². The Labute approximate surface area is 171 Å². The number of hydrogen-bond acceptors (Lipinski definition) is 4. The largest absolute Gasteiger partial charge is 0.352 e. The van der Waals surface area contributed by atoms with Crippen molar-refractivity contribution in [1.82, 2.24) is 5.32 Å².